The molecule has 0 unspecified atom stereocenters. The largest absolute Gasteiger partial charge is 0.297 e. The van der Waals surface area contributed by atoms with Gasteiger partial charge in [-0.2, -0.15) is 0 Å². The molecule has 0 aromatic carbocycles. The van der Waals surface area contributed by atoms with Gasteiger partial charge in [-0.05, 0) is 40.7 Å². The van der Waals surface area contributed by atoms with Crippen molar-refractivity contribution in [2.75, 3.05) is 18.4 Å². The average molecular weight is 248 g/mol. The predicted molar refractivity (Wildman–Crippen MR) is 64.6 cm³/mol. The Kier molecular flexibility index (Phi) is 7.68. The molecule has 0 amide bonds. The van der Waals surface area contributed by atoms with E-state index < -0.39 is 0 Å². The lowest BCUT2D eigenvalue weighted by atomic mass is 10.2. The van der Waals surface area contributed by atoms with Crippen LogP contribution in [0.4, 0.5) is 0 Å². The fraction of sp³-hybridized carbons (Fsp3) is 0.818. The second-order valence-electron chi connectivity index (χ2n) is 3.91. The van der Waals surface area contributed by atoms with E-state index in [9.17, 15) is 0 Å². The predicted octanol–water partition coefficient (Wildman–Crippen LogP) is 3.45. The molecule has 78 valence electrons. The van der Waals surface area contributed by atoms with Crippen LogP contribution >= 0.6 is 15.9 Å². The Labute approximate surface area is 91.3 Å². The van der Waals surface area contributed by atoms with Crippen LogP contribution in [0.1, 0.15) is 34.1 Å². The Morgan fingerprint density at radius 3 is 2.38 bits per heavy atom. The van der Waals surface area contributed by atoms with E-state index in [1.54, 1.807) is 0 Å². The number of hydrogen-bond acceptors (Lipinski definition) is 1. The first-order chi connectivity index (χ1) is 6.07. The van der Waals surface area contributed by atoms with E-state index >= 15 is 0 Å². The average Bonchev–Trinajstić information content (AvgIpc) is 2.03. The first-order valence-electron chi connectivity index (χ1n) is 5.01. The minimum absolute atomic E-state index is 0.648. The van der Waals surface area contributed by atoms with Gasteiger partial charge in [-0.25, -0.2) is 0 Å². The van der Waals surface area contributed by atoms with Crippen molar-refractivity contribution >= 4 is 15.9 Å². The highest BCUT2D eigenvalue weighted by Gasteiger charge is 2.06. The number of halogens is 1. The maximum atomic E-state index is 3.46. The molecule has 0 fully saturated rings. The van der Waals surface area contributed by atoms with E-state index in [-0.39, 0.29) is 0 Å². The molecule has 0 aliphatic heterocycles. The highest BCUT2D eigenvalue weighted by Crippen LogP contribution is 2.02. The van der Waals surface area contributed by atoms with Crippen molar-refractivity contribution in [3.8, 4) is 0 Å². The van der Waals surface area contributed by atoms with Crippen LogP contribution < -0.4 is 0 Å². The van der Waals surface area contributed by atoms with Crippen LogP contribution in [-0.4, -0.2) is 29.4 Å². The zero-order chi connectivity index (χ0) is 10.3. The zero-order valence-corrected chi connectivity index (χ0v) is 10.9. The van der Waals surface area contributed by atoms with Gasteiger partial charge in [0.15, 0.2) is 0 Å². The van der Waals surface area contributed by atoms with E-state index in [0.29, 0.717) is 6.04 Å². The molecule has 0 aromatic heterocycles. The number of alkyl halides is 1. The van der Waals surface area contributed by atoms with Gasteiger partial charge in [-0.1, -0.05) is 27.6 Å². The molecule has 0 atom stereocenters. The molecule has 0 aliphatic carbocycles. The topological polar surface area (TPSA) is 3.24 Å². The van der Waals surface area contributed by atoms with Crippen molar-refractivity contribution in [3.63, 3.8) is 0 Å². The summed E-state index contributed by atoms with van der Waals surface area (Å²) >= 11 is 3.46. The summed E-state index contributed by atoms with van der Waals surface area (Å²) in [4.78, 5) is 2.49. The van der Waals surface area contributed by atoms with Crippen molar-refractivity contribution < 1.29 is 0 Å². The van der Waals surface area contributed by atoms with Gasteiger partial charge < -0.3 is 0 Å². The maximum Gasteiger partial charge on any atom is 0.0168 e. The molecule has 13 heavy (non-hydrogen) atoms. The highest BCUT2D eigenvalue weighted by molar-refractivity contribution is 9.09. The van der Waals surface area contributed by atoms with Crippen LogP contribution in [0.15, 0.2) is 11.6 Å². The van der Waals surface area contributed by atoms with Gasteiger partial charge in [0.25, 0.3) is 0 Å². The van der Waals surface area contributed by atoms with E-state index in [0.717, 1.165) is 11.9 Å². The van der Waals surface area contributed by atoms with E-state index in [1.807, 2.05) is 0 Å². The summed E-state index contributed by atoms with van der Waals surface area (Å²) < 4.78 is 0. The summed E-state index contributed by atoms with van der Waals surface area (Å²) in [5.41, 5.74) is 1.41. The summed E-state index contributed by atoms with van der Waals surface area (Å²) in [6, 6.07) is 0.648. The van der Waals surface area contributed by atoms with Gasteiger partial charge in [-0.15, -0.1) is 0 Å². The smallest absolute Gasteiger partial charge is 0.0168 e. The lowest BCUT2D eigenvalue weighted by Crippen LogP contribution is -2.32. The Morgan fingerprint density at radius 2 is 2.00 bits per heavy atom. The fourth-order valence-electron chi connectivity index (χ4n) is 1.12. The molecule has 0 radical (unpaired) electrons. The number of nitrogens with zero attached hydrogens (tertiary/aromatic N) is 1. The normalized spacial score (nSPS) is 11.0. The van der Waals surface area contributed by atoms with Gasteiger partial charge in [0, 0.05) is 17.9 Å². The number of hydrogen-bond donors (Lipinski definition) is 0. The molecule has 0 heterocycles. The zero-order valence-electron chi connectivity index (χ0n) is 9.31. The summed E-state index contributed by atoms with van der Waals surface area (Å²) in [5.74, 6) is 0. The molecular weight excluding hydrogens is 226 g/mol. The highest BCUT2D eigenvalue weighted by atomic mass is 79.9. The first-order valence-corrected chi connectivity index (χ1v) is 6.13. The van der Waals surface area contributed by atoms with Gasteiger partial charge in [0.2, 0.25) is 0 Å². The van der Waals surface area contributed by atoms with Gasteiger partial charge >= 0.3 is 0 Å². The van der Waals surface area contributed by atoms with Crippen LogP contribution in [0.5, 0.6) is 0 Å². The molecule has 1 nitrogen and oxygen atoms in total. The molecule has 0 N–H and O–H groups in total. The molecule has 0 spiro atoms. The first kappa shape index (κ1) is 13.2. The molecule has 2 heteroatoms. The van der Waals surface area contributed by atoms with Crippen LogP contribution in [0, 0.1) is 0 Å². The van der Waals surface area contributed by atoms with E-state index in [2.05, 4.69) is 54.6 Å². The number of allylic oxidation sites excluding steroid dienone is 1. The molecule has 0 aromatic rings. The lowest BCUT2D eigenvalue weighted by Gasteiger charge is -2.24. The molecule has 0 aliphatic rings. The molecule has 0 saturated heterocycles. The fourth-order valence-corrected chi connectivity index (χ4v) is 1.37. The van der Waals surface area contributed by atoms with Crippen molar-refractivity contribution in [2.45, 2.75) is 40.2 Å². The molecule has 0 saturated carbocycles. The van der Waals surface area contributed by atoms with Crippen LogP contribution in [-0.2, 0) is 0 Å². The Morgan fingerprint density at radius 1 is 1.38 bits per heavy atom. The van der Waals surface area contributed by atoms with E-state index in [1.165, 1.54) is 18.5 Å². The van der Waals surface area contributed by atoms with E-state index in [4.69, 9.17) is 0 Å². The molecule has 0 rings (SSSR count). The number of rotatable bonds is 6. The van der Waals surface area contributed by atoms with Crippen molar-refractivity contribution in [1.82, 2.24) is 4.90 Å². The van der Waals surface area contributed by atoms with Crippen molar-refractivity contribution in [1.29, 1.82) is 0 Å². The third kappa shape index (κ3) is 7.27. The van der Waals surface area contributed by atoms with Crippen molar-refractivity contribution in [3.05, 3.63) is 11.6 Å². The van der Waals surface area contributed by atoms with Crippen LogP contribution in [0.2, 0.25) is 0 Å². The SMILES string of the molecule is CC(C)=CCN(CCCBr)C(C)C. The quantitative estimate of drug-likeness (QED) is 0.514. The summed E-state index contributed by atoms with van der Waals surface area (Å²) in [6.07, 6.45) is 3.53. The Bertz CT molecular complexity index is 148. The minimum Gasteiger partial charge on any atom is -0.297 e. The van der Waals surface area contributed by atoms with Crippen LogP contribution in [0.25, 0.3) is 0 Å². The minimum atomic E-state index is 0.648. The summed E-state index contributed by atoms with van der Waals surface area (Å²) in [7, 11) is 0. The van der Waals surface area contributed by atoms with Crippen molar-refractivity contribution in [2.24, 2.45) is 0 Å². The standard InChI is InChI=1S/C11H22BrN/c1-10(2)6-9-13(11(3)4)8-5-7-12/h6,11H,5,7-9H2,1-4H3. The Balaban J connectivity index is 3.87. The second kappa shape index (κ2) is 7.57. The van der Waals surface area contributed by atoms with Gasteiger partial charge in [0.1, 0.15) is 0 Å². The Hall–Kier alpha value is 0.180. The maximum absolute atomic E-state index is 3.46. The van der Waals surface area contributed by atoms with Gasteiger partial charge in [0.05, 0.1) is 0 Å². The lowest BCUT2D eigenvalue weighted by molar-refractivity contribution is 0.247. The second-order valence-corrected chi connectivity index (χ2v) is 4.71. The third-order valence-corrected chi connectivity index (χ3v) is 2.60. The monoisotopic (exact) mass is 247 g/mol. The summed E-state index contributed by atoms with van der Waals surface area (Å²) in [6.45, 7) is 11.1. The summed E-state index contributed by atoms with van der Waals surface area (Å²) in [5, 5.41) is 1.10. The molecular formula is C11H22BrN. The third-order valence-electron chi connectivity index (χ3n) is 2.04. The molecule has 0 bridgehead atoms. The van der Waals surface area contributed by atoms with Crippen LogP contribution in [0.3, 0.4) is 0 Å². The van der Waals surface area contributed by atoms with Gasteiger partial charge in [-0.3, -0.25) is 4.90 Å².